The van der Waals surface area contributed by atoms with E-state index in [0.717, 1.165) is 104 Å². The molecule has 0 saturated carbocycles. The Kier molecular flexibility index (Phi) is 27.0. The van der Waals surface area contributed by atoms with Crippen molar-refractivity contribution >= 4 is 196 Å². The fourth-order valence-corrected chi connectivity index (χ4v) is 45.7. The molecule has 598 valence electrons. The van der Waals surface area contributed by atoms with Crippen molar-refractivity contribution in [1.29, 1.82) is 0 Å². The number of benzene rings is 1. The quantitative estimate of drug-likeness (QED) is 0.0275. The molecule has 2 aliphatic rings. The monoisotopic (exact) mass is 1750 g/mol. The fraction of sp³-hybridized carbons (Fsp3) is 0.478. The maximum absolute atomic E-state index is 18.8. The third kappa shape index (κ3) is 16.4. The molecule has 16 rings (SSSR count). The molecule has 4 atom stereocenters. The summed E-state index contributed by atoms with van der Waals surface area (Å²) in [4.78, 5) is 31.4. The van der Waals surface area contributed by atoms with E-state index in [2.05, 4.69) is 154 Å². The van der Waals surface area contributed by atoms with Gasteiger partial charge in [-0.15, -0.1) is 90.7 Å². The number of fused-ring (bicyclic) bond motifs is 9. The zero-order valence-corrected chi connectivity index (χ0v) is 79.1. The van der Waals surface area contributed by atoms with Gasteiger partial charge in [-0.1, -0.05) is 210 Å². The first-order valence-electron chi connectivity index (χ1n) is 43.1. The summed E-state index contributed by atoms with van der Waals surface area (Å²) in [6.45, 7) is 23.7. The minimum atomic E-state index is -2.60. The van der Waals surface area contributed by atoms with E-state index in [1.54, 1.807) is 15.6 Å². The van der Waals surface area contributed by atoms with E-state index in [0.29, 0.717) is 34.8 Å². The van der Waals surface area contributed by atoms with E-state index in [9.17, 15) is 0 Å². The van der Waals surface area contributed by atoms with E-state index < -0.39 is 16.1 Å². The van der Waals surface area contributed by atoms with E-state index in [1.165, 1.54) is 261 Å². The zero-order chi connectivity index (χ0) is 78.6. The topological polar surface area (TPSA) is 103 Å². The molecule has 0 amide bonds. The van der Waals surface area contributed by atoms with E-state index in [4.69, 9.17) is 36.2 Å². The zero-order valence-electron chi connectivity index (χ0n) is 68.1. The molecular formula is C92H109FN8S11Si2. The van der Waals surface area contributed by atoms with Crippen molar-refractivity contribution in [3.05, 3.63) is 107 Å². The van der Waals surface area contributed by atoms with Crippen LogP contribution in [0.2, 0.25) is 24.2 Å². The molecule has 114 heavy (non-hydrogen) atoms. The number of nitrogens with zero attached hydrogens (tertiary/aromatic N) is 8. The van der Waals surface area contributed by atoms with Crippen LogP contribution in [0.15, 0.2) is 91.3 Å². The summed E-state index contributed by atoms with van der Waals surface area (Å²) in [6, 6.07) is 35.4. The molecule has 0 bridgehead atoms. The second kappa shape index (κ2) is 37.3. The van der Waals surface area contributed by atoms with Gasteiger partial charge in [0.1, 0.15) is 66.5 Å². The molecule has 4 unspecified atom stereocenters. The average molecular weight is 1750 g/mol. The first kappa shape index (κ1) is 82.6. The van der Waals surface area contributed by atoms with Gasteiger partial charge >= 0.3 is 0 Å². The Hall–Kier alpha value is -5.06. The lowest BCUT2D eigenvalue weighted by Gasteiger charge is -2.35. The molecule has 1 aromatic carbocycles. The van der Waals surface area contributed by atoms with Crippen LogP contribution < -0.4 is 20.7 Å². The average Bonchev–Trinajstić information content (AvgIpc) is 1.54. The lowest BCUT2D eigenvalue weighted by atomic mass is 10.0. The number of hydrogen-bond donors (Lipinski definition) is 0. The molecule has 0 saturated heterocycles. The highest BCUT2D eigenvalue weighted by molar-refractivity contribution is 7.33. The summed E-state index contributed by atoms with van der Waals surface area (Å²) in [5.41, 5.74) is 10.6. The van der Waals surface area contributed by atoms with Crippen LogP contribution in [0.4, 0.5) is 4.39 Å². The van der Waals surface area contributed by atoms with Crippen LogP contribution in [-0.4, -0.2) is 52.4 Å². The maximum atomic E-state index is 18.8. The second-order valence-corrected chi connectivity index (χ2v) is 51.2. The minimum absolute atomic E-state index is 0.206. The third-order valence-electron chi connectivity index (χ3n) is 25.3. The van der Waals surface area contributed by atoms with Crippen LogP contribution >= 0.6 is 126 Å². The van der Waals surface area contributed by atoms with Gasteiger partial charge in [-0.3, -0.25) is 9.97 Å². The number of rotatable bonds is 42. The predicted molar refractivity (Wildman–Crippen MR) is 510 cm³/mol. The molecule has 13 aromatic heterocycles. The molecule has 0 N–H and O–H groups in total. The van der Waals surface area contributed by atoms with Crippen molar-refractivity contribution in [2.75, 3.05) is 0 Å². The molecule has 22 heteroatoms. The van der Waals surface area contributed by atoms with E-state index >= 15 is 4.39 Å². The summed E-state index contributed by atoms with van der Waals surface area (Å²) < 4.78 is 49.7. The number of pyridine rings is 2. The number of unbranched alkanes of at least 4 members (excludes halogenated alkanes) is 10. The van der Waals surface area contributed by atoms with E-state index in [1.807, 2.05) is 96.8 Å². The maximum Gasteiger partial charge on any atom is 0.134 e. The summed E-state index contributed by atoms with van der Waals surface area (Å²) in [6.07, 6.45) is 36.0. The fourth-order valence-electron chi connectivity index (χ4n) is 18.8. The van der Waals surface area contributed by atoms with Crippen molar-refractivity contribution in [3.63, 3.8) is 0 Å². The molecule has 14 aromatic rings. The number of aryl methyl sites for hydroxylation is 2. The largest absolute Gasteiger partial charge is 0.252 e. The third-order valence-corrected chi connectivity index (χ3v) is 48.2. The van der Waals surface area contributed by atoms with Gasteiger partial charge in [0, 0.05) is 97.4 Å². The lowest BCUT2D eigenvalue weighted by molar-refractivity contribution is 0.469. The van der Waals surface area contributed by atoms with Gasteiger partial charge in [-0.25, -0.2) is 4.39 Å². The van der Waals surface area contributed by atoms with Gasteiger partial charge in [0.15, 0.2) is 0 Å². The Morgan fingerprint density at radius 2 is 0.640 bits per heavy atom. The van der Waals surface area contributed by atoms with Gasteiger partial charge in [-0.2, -0.15) is 26.2 Å². The molecule has 0 aliphatic carbocycles. The van der Waals surface area contributed by atoms with Crippen molar-refractivity contribution in [2.24, 2.45) is 23.7 Å². The Bertz CT molecular complexity index is 5560. The van der Waals surface area contributed by atoms with Crippen molar-refractivity contribution in [2.45, 2.75) is 260 Å². The summed E-state index contributed by atoms with van der Waals surface area (Å²) in [5.74, 6) is 2.16. The van der Waals surface area contributed by atoms with Crippen LogP contribution in [0.3, 0.4) is 0 Å². The molecular weight excluding hydrogens is 1640 g/mol. The molecule has 0 spiro atoms. The molecule has 15 heterocycles. The van der Waals surface area contributed by atoms with Gasteiger partial charge < -0.3 is 0 Å². The number of aromatic nitrogens is 8. The molecule has 0 fully saturated rings. The Balaban J connectivity index is 0.789. The van der Waals surface area contributed by atoms with Crippen molar-refractivity contribution < 1.29 is 4.39 Å². The van der Waals surface area contributed by atoms with Gasteiger partial charge in [0.05, 0.1) is 50.5 Å². The normalized spacial score (nSPS) is 16.3. The number of thiophene rings is 8. The van der Waals surface area contributed by atoms with Crippen LogP contribution in [0.1, 0.15) is 233 Å². The molecule has 8 nitrogen and oxygen atoms in total. The minimum Gasteiger partial charge on any atom is -0.252 e. The summed E-state index contributed by atoms with van der Waals surface area (Å²) in [7, 11) is -5.17. The SMILES string of the molecule is CCCCCCc1ccc(-c2ccc(-c3cnc(-c4cc5c(s4)-c4sc(-c6cc(F)c(-c7cc8c(s7)-c7sc(-c9ncc(-c%10ccc(-c%11ccc(CCCCCC)s%11)s%10)c%10nsnc9%10)cc7[Si]8(CC(CC)CCCC)CC(CC)CCCC)c7nsnc67)cc4[Si]5(CC(CC)CCCC)CC(CC)CCCC)c4nsnc34)s2)s1. The van der Waals surface area contributed by atoms with Crippen LogP contribution in [0.5, 0.6) is 0 Å². The smallest absolute Gasteiger partial charge is 0.134 e. The second-order valence-electron chi connectivity index (χ2n) is 32.7. The summed E-state index contributed by atoms with van der Waals surface area (Å²) in [5, 5.41) is 6.25. The standard InChI is InChI=1S/C92H109FN8S11Si2/c1-11-21-27-29-35-60-37-39-68(102-60)70-43-41-66(104-70)63-50-94-84(87-82(63)97-111-100-87)74-48-78-91(108-74)89-76(113(78,52-56(17-7)31-23-13-3)53-57(18-8)32-24-14-4)46-72(106-89)62-45-65(93)80(86-81(62)96-110-99-86)73-47-77-90(107-73)92-79(114(77,54-58(19-9)33-25-15-5)55-59(20-10)34-26-16-6)49-75(109-92)85-88-83(98-112-101-88)64(51-95-85)67-42-44-71(105-67)69-40-38-61(103-69)36-30-28-22-12-2/h37-51,56-59H,11-36,52-55H2,1-10H3. The van der Waals surface area contributed by atoms with Crippen molar-refractivity contribution in [3.8, 4) is 102 Å². The highest BCUT2D eigenvalue weighted by atomic mass is 32.1. The Labute approximate surface area is 722 Å². The van der Waals surface area contributed by atoms with Crippen LogP contribution in [0.25, 0.3) is 135 Å². The van der Waals surface area contributed by atoms with Crippen LogP contribution in [-0.2, 0) is 12.8 Å². The van der Waals surface area contributed by atoms with E-state index in [-0.39, 0.29) is 5.82 Å². The lowest BCUT2D eigenvalue weighted by Crippen LogP contribution is -2.56. The van der Waals surface area contributed by atoms with Crippen molar-refractivity contribution in [1.82, 2.24) is 36.2 Å². The number of hydrogen-bond acceptors (Lipinski definition) is 19. The van der Waals surface area contributed by atoms with Gasteiger partial charge in [0.2, 0.25) is 0 Å². The van der Waals surface area contributed by atoms with Gasteiger partial charge in [0.25, 0.3) is 0 Å². The highest BCUT2D eigenvalue weighted by Crippen LogP contribution is 2.55. The Morgan fingerprint density at radius 3 is 1.04 bits per heavy atom. The Morgan fingerprint density at radius 1 is 0.307 bits per heavy atom. The highest BCUT2D eigenvalue weighted by Gasteiger charge is 2.52. The molecule has 2 aliphatic heterocycles. The first-order valence-corrected chi connectivity index (χ1v) is 56.6. The predicted octanol–water partition coefficient (Wildman–Crippen LogP) is 30.7. The first-order chi connectivity index (χ1) is 55.9. The summed E-state index contributed by atoms with van der Waals surface area (Å²) >= 11 is 18.9. The van der Waals surface area contributed by atoms with Gasteiger partial charge in [-0.05, 0) is 173 Å². The molecule has 0 radical (unpaired) electrons. The number of halogens is 1. The van der Waals surface area contributed by atoms with Crippen LogP contribution in [0, 0.1) is 29.5 Å².